The molecule has 9 heteroatoms. The number of nitro groups is 1. The summed E-state index contributed by atoms with van der Waals surface area (Å²) in [6, 6.07) is 6.78. The number of hydrogen-bond acceptors (Lipinski definition) is 7. The highest BCUT2D eigenvalue weighted by atomic mass is 16.6. The Bertz CT molecular complexity index is 938. The van der Waals surface area contributed by atoms with E-state index in [0.717, 1.165) is 6.07 Å². The Balaban J connectivity index is 2.43. The smallest absolute Gasteiger partial charge is 0.341 e. The van der Waals surface area contributed by atoms with Gasteiger partial charge in [0.15, 0.2) is 18.1 Å². The van der Waals surface area contributed by atoms with Gasteiger partial charge in [0, 0.05) is 23.9 Å². The normalized spacial score (nSPS) is 10.6. The van der Waals surface area contributed by atoms with Crippen LogP contribution in [0.25, 0.3) is 0 Å². The van der Waals surface area contributed by atoms with Gasteiger partial charge in [0.25, 0.3) is 5.69 Å². The van der Waals surface area contributed by atoms with E-state index in [4.69, 9.17) is 14.6 Å². The number of hydrogen-bond donors (Lipinski definition) is 2. The van der Waals surface area contributed by atoms with E-state index in [2.05, 4.69) is 11.6 Å². The second-order valence-electron chi connectivity index (χ2n) is 5.57. The zero-order chi connectivity index (χ0) is 20.7. The second kappa shape index (κ2) is 9.17. The molecule has 0 amide bonds. The van der Waals surface area contributed by atoms with Crippen LogP contribution < -0.4 is 9.47 Å². The van der Waals surface area contributed by atoms with Gasteiger partial charge in [-0.1, -0.05) is 6.08 Å². The van der Waals surface area contributed by atoms with E-state index in [9.17, 15) is 20.0 Å². The summed E-state index contributed by atoms with van der Waals surface area (Å²) in [5.41, 5.74) is 1.01. The molecule has 0 bridgehead atoms. The maximum Gasteiger partial charge on any atom is 0.341 e. The van der Waals surface area contributed by atoms with Crippen LogP contribution in [0.15, 0.2) is 48.0 Å². The van der Waals surface area contributed by atoms with Crippen molar-refractivity contribution in [3.63, 3.8) is 0 Å². The van der Waals surface area contributed by atoms with Crippen molar-refractivity contribution in [3.05, 3.63) is 64.2 Å². The van der Waals surface area contributed by atoms with Crippen molar-refractivity contribution in [2.75, 3.05) is 13.7 Å². The summed E-state index contributed by atoms with van der Waals surface area (Å²) in [5.74, 6) is -0.759. The van der Waals surface area contributed by atoms with Crippen molar-refractivity contribution in [2.45, 2.75) is 6.42 Å². The van der Waals surface area contributed by atoms with E-state index in [1.54, 1.807) is 18.2 Å². The first-order chi connectivity index (χ1) is 13.3. The number of carboxylic acids is 1. The highest BCUT2D eigenvalue weighted by molar-refractivity contribution is 5.85. The standard InChI is InChI=1S/C19H18N2O7/c1-3-4-13-7-12(8-17(27-2)19(13)28-11-18(23)24)10-20-15-9-14(21(25)26)5-6-16(15)22/h3,5-10,22H,1,4,11H2,2H3,(H,23,24). The molecule has 0 spiro atoms. The molecule has 28 heavy (non-hydrogen) atoms. The highest BCUT2D eigenvalue weighted by Gasteiger charge is 2.14. The van der Waals surface area contributed by atoms with E-state index in [0.29, 0.717) is 23.3 Å². The van der Waals surface area contributed by atoms with Crippen LogP contribution in [0.2, 0.25) is 0 Å². The number of aromatic hydroxyl groups is 1. The maximum atomic E-state index is 10.9. The Hall–Kier alpha value is -3.88. The minimum absolute atomic E-state index is 0.0321. The third-order valence-corrected chi connectivity index (χ3v) is 3.60. The van der Waals surface area contributed by atoms with E-state index in [1.165, 1.54) is 25.5 Å². The lowest BCUT2D eigenvalue weighted by molar-refractivity contribution is -0.384. The third-order valence-electron chi connectivity index (χ3n) is 3.60. The summed E-state index contributed by atoms with van der Waals surface area (Å²) in [6.07, 6.45) is 3.40. The molecule has 0 radical (unpaired) electrons. The summed E-state index contributed by atoms with van der Waals surface area (Å²) in [6.45, 7) is 3.13. The monoisotopic (exact) mass is 386 g/mol. The predicted molar refractivity (Wildman–Crippen MR) is 102 cm³/mol. The van der Waals surface area contributed by atoms with Gasteiger partial charge < -0.3 is 19.7 Å². The molecule has 2 aromatic rings. The first-order valence-corrected chi connectivity index (χ1v) is 8.03. The number of ether oxygens (including phenoxy) is 2. The molecule has 0 aliphatic heterocycles. The number of phenols is 1. The average Bonchev–Trinajstić information content (AvgIpc) is 2.65. The average molecular weight is 386 g/mol. The molecule has 2 N–H and O–H groups in total. The molecular formula is C19H18N2O7. The molecule has 2 aromatic carbocycles. The van der Waals surface area contributed by atoms with Crippen LogP contribution >= 0.6 is 0 Å². The topological polar surface area (TPSA) is 131 Å². The Kier molecular flexibility index (Phi) is 6.69. The van der Waals surface area contributed by atoms with Gasteiger partial charge in [-0.25, -0.2) is 4.79 Å². The Morgan fingerprint density at radius 2 is 2.11 bits per heavy atom. The van der Waals surface area contributed by atoms with Crippen molar-refractivity contribution in [2.24, 2.45) is 4.99 Å². The number of methoxy groups -OCH3 is 1. The number of non-ortho nitro benzene ring substituents is 1. The van der Waals surface area contributed by atoms with Crippen LogP contribution in [0, 0.1) is 10.1 Å². The SMILES string of the molecule is C=CCc1cc(C=Nc2cc([N+](=O)[O-])ccc2O)cc(OC)c1OCC(=O)O. The molecule has 0 saturated carbocycles. The van der Waals surface area contributed by atoms with Crippen LogP contribution in [0.1, 0.15) is 11.1 Å². The number of nitro benzene ring substituents is 1. The van der Waals surface area contributed by atoms with E-state index in [1.807, 2.05) is 0 Å². The van der Waals surface area contributed by atoms with Gasteiger partial charge in [-0.2, -0.15) is 0 Å². The molecule has 0 aliphatic rings. The van der Waals surface area contributed by atoms with E-state index < -0.39 is 17.5 Å². The first-order valence-electron chi connectivity index (χ1n) is 8.03. The lowest BCUT2D eigenvalue weighted by Gasteiger charge is -2.14. The quantitative estimate of drug-likeness (QED) is 0.293. The Morgan fingerprint density at radius 3 is 2.71 bits per heavy atom. The molecular weight excluding hydrogens is 368 g/mol. The summed E-state index contributed by atoms with van der Waals surface area (Å²) >= 11 is 0. The molecule has 0 heterocycles. The molecule has 0 aromatic heterocycles. The highest BCUT2D eigenvalue weighted by Crippen LogP contribution is 2.34. The number of aliphatic imine (C=N–C) groups is 1. The van der Waals surface area contributed by atoms with Crippen molar-refractivity contribution in [1.82, 2.24) is 0 Å². The fourth-order valence-electron chi connectivity index (χ4n) is 2.39. The molecule has 0 saturated heterocycles. The Labute approximate surface area is 160 Å². The number of aliphatic carboxylic acids is 1. The van der Waals surface area contributed by atoms with Gasteiger partial charge in [-0.05, 0) is 30.2 Å². The van der Waals surface area contributed by atoms with Crippen molar-refractivity contribution in [3.8, 4) is 17.2 Å². The zero-order valence-corrected chi connectivity index (χ0v) is 15.0. The van der Waals surface area contributed by atoms with Gasteiger partial charge in [0.05, 0.1) is 12.0 Å². The van der Waals surface area contributed by atoms with Gasteiger partial charge in [-0.3, -0.25) is 15.1 Å². The summed E-state index contributed by atoms with van der Waals surface area (Å²) in [4.78, 5) is 25.2. The number of allylic oxidation sites excluding steroid dienone is 1. The van der Waals surface area contributed by atoms with Gasteiger partial charge in [-0.15, -0.1) is 6.58 Å². The van der Waals surface area contributed by atoms with Gasteiger partial charge in [0.1, 0.15) is 11.4 Å². The molecule has 2 rings (SSSR count). The minimum Gasteiger partial charge on any atom is -0.506 e. The van der Waals surface area contributed by atoms with Crippen molar-refractivity contribution in [1.29, 1.82) is 0 Å². The zero-order valence-electron chi connectivity index (χ0n) is 15.0. The number of rotatable bonds is 9. The second-order valence-corrected chi connectivity index (χ2v) is 5.57. The summed E-state index contributed by atoms with van der Waals surface area (Å²) in [5, 5.41) is 29.6. The van der Waals surface area contributed by atoms with Crippen LogP contribution in [-0.4, -0.2) is 41.0 Å². The predicted octanol–water partition coefficient (Wildman–Crippen LogP) is 3.25. The number of phenolic OH excluding ortho intramolecular Hbond substituents is 1. The number of nitrogens with zero attached hydrogens (tertiary/aromatic N) is 2. The fourth-order valence-corrected chi connectivity index (χ4v) is 2.39. The third kappa shape index (κ3) is 5.07. The fraction of sp³-hybridized carbons (Fsp3) is 0.158. The molecule has 9 nitrogen and oxygen atoms in total. The summed E-state index contributed by atoms with van der Waals surface area (Å²) in [7, 11) is 1.41. The van der Waals surface area contributed by atoms with Gasteiger partial charge >= 0.3 is 5.97 Å². The van der Waals surface area contributed by atoms with Crippen LogP contribution in [0.5, 0.6) is 17.2 Å². The molecule has 0 atom stereocenters. The van der Waals surface area contributed by atoms with E-state index >= 15 is 0 Å². The largest absolute Gasteiger partial charge is 0.506 e. The van der Waals surface area contributed by atoms with Crippen molar-refractivity contribution >= 4 is 23.6 Å². The van der Waals surface area contributed by atoms with Crippen LogP contribution in [0.3, 0.4) is 0 Å². The van der Waals surface area contributed by atoms with Crippen LogP contribution in [0.4, 0.5) is 11.4 Å². The van der Waals surface area contributed by atoms with Gasteiger partial charge in [0.2, 0.25) is 0 Å². The van der Waals surface area contributed by atoms with Crippen molar-refractivity contribution < 1.29 is 29.4 Å². The summed E-state index contributed by atoms with van der Waals surface area (Å²) < 4.78 is 10.6. The Morgan fingerprint density at radius 1 is 1.36 bits per heavy atom. The molecule has 0 aliphatic carbocycles. The lowest BCUT2D eigenvalue weighted by Crippen LogP contribution is -2.11. The lowest BCUT2D eigenvalue weighted by atomic mass is 10.1. The maximum absolute atomic E-state index is 10.9. The minimum atomic E-state index is -1.13. The van der Waals surface area contributed by atoms with Crippen LogP contribution in [-0.2, 0) is 11.2 Å². The number of benzene rings is 2. The molecule has 0 unspecified atom stereocenters. The van der Waals surface area contributed by atoms with E-state index in [-0.39, 0.29) is 22.9 Å². The number of carboxylic acid groups (broad SMARTS) is 1. The number of carbonyl (C=O) groups is 1. The first kappa shape index (κ1) is 20.4. The molecule has 146 valence electrons. The molecule has 0 fully saturated rings.